The van der Waals surface area contributed by atoms with E-state index in [2.05, 4.69) is 175 Å². The van der Waals surface area contributed by atoms with Gasteiger partial charge in [-0.15, -0.1) is 0 Å². The quantitative estimate of drug-likeness (QED) is 0.0974. The Hall–Kier alpha value is -8.78. The molecule has 6 heterocycles. The first kappa shape index (κ1) is 44.1. The minimum atomic E-state index is -0.511. The van der Waals surface area contributed by atoms with Crippen LogP contribution in [0.5, 0.6) is 0 Å². The van der Waals surface area contributed by atoms with E-state index in [0.29, 0.717) is 22.5 Å². The molecule has 6 aromatic heterocycles. The number of hydrogen-bond donors (Lipinski definition) is 0. The summed E-state index contributed by atoms with van der Waals surface area (Å²) in [5.74, 6) is -1.02. The van der Waals surface area contributed by atoms with Crippen molar-refractivity contribution >= 4 is 55.2 Å². The number of carbonyl (C=O) groups excluding carboxylic acids is 2. The number of ketones is 2. The molecule has 0 spiro atoms. The number of benzene rings is 6. The summed E-state index contributed by atoms with van der Waals surface area (Å²) in [5.41, 5.74) is 14.9. The molecule has 6 aromatic carbocycles. The Morgan fingerprint density at radius 2 is 0.493 bits per heavy atom. The number of pyridine rings is 6. The van der Waals surface area contributed by atoms with E-state index in [9.17, 15) is 9.59 Å². The Kier molecular flexibility index (Phi) is 12.5. The minimum absolute atomic E-state index is 0. The van der Waals surface area contributed by atoms with E-state index in [1.165, 1.54) is 44.5 Å². The minimum Gasteiger partial charge on any atom is -0.285 e. The molecule has 9 heteroatoms. The van der Waals surface area contributed by atoms with Gasteiger partial charge in [-0.2, -0.15) is 0 Å². The van der Waals surface area contributed by atoms with Crippen LogP contribution in [0.2, 0.25) is 0 Å². The number of rotatable bonds is 4. The van der Waals surface area contributed by atoms with Crippen molar-refractivity contribution in [2.45, 2.75) is 0 Å². The molecule has 0 saturated carbocycles. The monoisotopic (exact) mass is 976 g/mol. The van der Waals surface area contributed by atoms with E-state index in [1.54, 1.807) is 36.7 Å². The number of aromatic nitrogens is 6. The third-order valence-electron chi connectivity index (χ3n) is 12.1. The molecule has 1 aliphatic rings. The Morgan fingerprint density at radius 3 is 0.754 bits per heavy atom. The Balaban J connectivity index is 0.000000123. The van der Waals surface area contributed by atoms with Gasteiger partial charge in [-0.3, -0.25) is 39.5 Å². The standard InChI is InChI=1S/2C24H16N2.C12H6N2O2.Ru/c2*1-3-7-17(8-4-1)19-13-15-25-23-21(19)11-12-22-20(14-16-26-24(22)23)18-9-5-2-6-10-18;15-11-7-3-1-5-13-9(7)10-8(12(11)16)4-2-6-14-10;/h2*1-16H;1-6H;/q;;;+2. The van der Waals surface area contributed by atoms with Crippen molar-refractivity contribution in [2.24, 2.45) is 0 Å². The SMILES string of the molecule is O=C1C(=O)c2cccnc2-c2ncccc21.[Ru+2].c1ccc(-c2ccnc3c2ccc2c(-c4ccccc4)ccnc23)cc1.c1ccc(-c2ccnc3c2ccc2c(-c4ccccc4)ccnc23)cc1. The predicted octanol–water partition coefficient (Wildman–Crippen LogP) is 13.8. The first-order valence-corrected chi connectivity index (χ1v) is 22.2. The zero-order valence-corrected chi connectivity index (χ0v) is 38.5. The van der Waals surface area contributed by atoms with Gasteiger partial charge in [0.2, 0.25) is 11.6 Å². The van der Waals surface area contributed by atoms with Gasteiger partial charge in [-0.1, -0.05) is 146 Å². The van der Waals surface area contributed by atoms with E-state index in [1.807, 2.05) is 49.1 Å². The van der Waals surface area contributed by atoms with Gasteiger partial charge in [0.25, 0.3) is 0 Å². The van der Waals surface area contributed by atoms with Gasteiger partial charge in [-0.05, 0) is 93.0 Å². The largest absolute Gasteiger partial charge is 2.00 e. The van der Waals surface area contributed by atoms with Gasteiger partial charge < -0.3 is 0 Å². The number of Topliss-reactive ketones (excluding diaryl/α,β-unsaturated/α-hetero) is 2. The van der Waals surface area contributed by atoms with E-state index in [0.717, 1.165) is 43.6 Å². The summed E-state index contributed by atoms with van der Waals surface area (Å²) in [6, 6.07) is 65.2. The molecule has 8 nitrogen and oxygen atoms in total. The number of nitrogens with zero attached hydrogens (tertiary/aromatic N) is 6. The fourth-order valence-electron chi connectivity index (χ4n) is 8.93. The van der Waals surface area contributed by atoms with Gasteiger partial charge in [0.1, 0.15) is 11.4 Å². The van der Waals surface area contributed by atoms with Crippen LogP contribution in [0.1, 0.15) is 20.7 Å². The van der Waals surface area contributed by atoms with Crippen molar-refractivity contribution in [1.82, 2.24) is 29.9 Å². The molecule has 0 radical (unpaired) electrons. The van der Waals surface area contributed by atoms with Gasteiger partial charge in [0.15, 0.2) is 0 Å². The molecule has 0 N–H and O–H groups in total. The van der Waals surface area contributed by atoms with Crippen LogP contribution in [0.25, 0.3) is 99.5 Å². The van der Waals surface area contributed by atoms with E-state index >= 15 is 0 Å². The van der Waals surface area contributed by atoms with Crippen molar-refractivity contribution in [3.05, 3.63) is 242 Å². The smallest absolute Gasteiger partial charge is 0.285 e. The summed E-state index contributed by atoms with van der Waals surface area (Å²) in [4.78, 5) is 50.4. The van der Waals surface area contributed by atoms with Crippen molar-refractivity contribution in [3.8, 4) is 55.9 Å². The van der Waals surface area contributed by atoms with Crippen LogP contribution in [-0.4, -0.2) is 41.5 Å². The summed E-state index contributed by atoms with van der Waals surface area (Å²) in [5, 5.41) is 4.51. The molecule has 69 heavy (non-hydrogen) atoms. The zero-order valence-electron chi connectivity index (χ0n) is 36.8. The molecule has 0 amide bonds. The van der Waals surface area contributed by atoms with Gasteiger partial charge in [0.05, 0.1) is 33.2 Å². The number of hydrogen-bond acceptors (Lipinski definition) is 8. The van der Waals surface area contributed by atoms with Crippen molar-refractivity contribution < 1.29 is 29.1 Å². The summed E-state index contributed by atoms with van der Waals surface area (Å²) in [7, 11) is 0. The molecular formula is C60H38N6O2Ru+2. The Bertz CT molecular complexity index is 3390. The van der Waals surface area contributed by atoms with Crippen LogP contribution in [-0.2, 0) is 19.5 Å². The molecule has 0 atom stereocenters. The van der Waals surface area contributed by atoms with Crippen LogP contribution < -0.4 is 0 Å². The fourth-order valence-corrected chi connectivity index (χ4v) is 8.93. The second kappa shape index (κ2) is 19.6. The molecule has 13 rings (SSSR count). The predicted molar refractivity (Wildman–Crippen MR) is 272 cm³/mol. The second-order valence-corrected chi connectivity index (χ2v) is 16.1. The Morgan fingerprint density at radius 1 is 0.232 bits per heavy atom. The van der Waals surface area contributed by atoms with E-state index in [-0.39, 0.29) is 19.5 Å². The van der Waals surface area contributed by atoms with Crippen molar-refractivity contribution in [3.63, 3.8) is 0 Å². The first-order chi connectivity index (χ1) is 33.6. The molecule has 326 valence electrons. The van der Waals surface area contributed by atoms with Crippen molar-refractivity contribution in [2.75, 3.05) is 0 Å². The van der Waals surface area contributed by atoms with Gasteiger partial charge >= 0.3 is 19.5 Å². The zero-order chi connectivity index (χ0) is 45.8. The summed E-state index contributed by atoms with van der Waals surface area (Å²) >= 11 is 0. The normalized spacial score (nSPS) is 11.4. The van der Waals surface area contributed by atoms with Crippen LogP contribution in [0.3, 0.4) is 0 Å². The van der Waals surface area contributed by atoms with Crippen LogP contribution in [0, 0.1) is 0 Å². The maximum Gasteiger partial charge on any atom is 2.00 e. The van der Waals surface area contributed by atoms with Crippen LogP contribution in [0.15, 0.2) is 231 Å². The van der Waals surface area contributed by atoms with Crippen LogP contribution >= 0.6 is 0 Å². The van der Waals surface area contributed by atoms with E-state index < -0.39 is 11.6 Å². The molecule has 0 saturated heterocycles. The third kappa shape index (κ3) is 8.48. The first-order valence-electron chi connectivity index (χ1n) is 22.2. The summed E-state index contributed by atoms with van der Waals surface area (Å²) in [6.45, 7) is 0. The molecule has 0 unspecified atom stereocenters. The fraction of sp³-hybridized carbons (Fsp3) is 0. The van der Waals surface area contributed by atoms with Gasteiger partial charge in [0, 0.05) is 58.7 Å². The maximum atomic E-state index is 11.8. The molecule has 0 aliphatic heterocycles. The average Bonchev–Trinajstić information content (AvgIpc) is 3.43. The average molecular weight is 976 g/mol. The van der Waals surface area contributed by atoms with E-state index in [4.69, 9.17) is 0 Å². The molecule has 0 fully saturated rings. The summed E-state index contributed by atoms with van der Waals surface area (Å²) in [6.07, 6.45) is 10.7. The van der Waals surface area contributed by atoms with Gasteiger partial charge in [-0.25, -0.2) is 0 Å². The molecule has 12 aromatic rings. The maximum absolute atomic E-state index is 11.8. The summed E-state index contributed by atoms with van der Waals surface area (Å²) < 4.78 is 0. The second-order valence-electron chi connectivity index (χ2n) is 16.1. The number of carbonyl (C=O) groups is 2. The van der Waals surface area contributed by atoms with Crippen molar-refractivity contribution in [1.29, 1.82) is 0 Å². The van der Waals surface area contributed by atoms with Crippen LogP contribution in [0.4, 0.5) is 0 Å². The molecular weight excluding hydrogens is 938 g/mol. The third-order valence-corrected chi connectivity index (χ3v) is 12.1. The molecule has 0 bridgehead atoms. The molecule has 1 aliphatic carbocycles. The topological polar surface area (TPSA) is 111 Å². The number of fused-ring (bicyclic) bond motifs is 9. The Labute approximate surface area is 410 Å².